The molecule has 0 bridgehead atoms. The summed E-state index contributed by atoms with van der Waals surface area (Å²) in [6, 6.07) is 3.12. The minimum atomic E-state index is -0.460. The summed E-state index contributed by atoms with van der Waals surface area (Å²) in [4.78, 5) is 11.3. The third-order valence-electron chi connectivity index (χ3n) is 1.63. The topological polar surface area (TPSA) is 35.5 Å². The van der Waals surface area contributed by atoms with Gasteiger partial charge in [0.15, 0.2) is 0 Å². The predicted octanol–water partition coefficient (Wildman–Crippen LogP) is 2.90. The Bertz CT molecular complexity index is 365. The maximum atomic E-state index is 11.3. The minimum Gasteiger partial charge on any atom is -0.495 e. The monoisotopic (exact) mass is 278 g/mol. The quantitative estimate of drug-likeness (QED) is 0.781. The number of esters is 1. The normalized spacial score (nSPS) is 9.71. The number of methoxy groups -OCH3 is 2. The van der Waals surface area contributed by atoms with E-state index >= 15 is 0 Å². The van der Waals surface area contributed by atoms with Gasteiger partial charge in [0.2, 0.25) is 0 Å². The van der Waals surface area contributed by atoms with Gasteiger partial charge >= 0.3 is 5.97 Å². The number of carbonyl (C=O) groups is 1. The third kappa shape index (κ3) is 2.19. The van der Waals surface area contributed by atoms with Gasteiger partial charge in [-0.15, -0.1) is 0 Å². The van der Waals surface area contributed by atoms with Crippen molar-refractivity contribution in [3.8, 4) is 5.75 Å². The molecule has 0 saturated carbocycles. The van der Waals surface area contributed by atoms with Crippen molar-refractivity contribution in [2.24, 2.45) is 0 Å². The molecule has 0 radical (unpaired) electrons. The van der Waals surface area contributed by atoms with Gasteiger partial charge in [0, 0.05) is 5.02 Å². The van der Waals surface area contributed by atoms with Gasteiger partial charge in [-0.2, -0.15) is 0 Å². The molecule has 0 saturated heterocycles. The summed E-state index contributed by atoms with van der Waals surface area (Å²) in [6.07, 6.45) is 0. The van der Waals surface area contributed by atoms with Crippen molar-refractivity contribution in [2.75, 3.05) is 14.2 Å². The second-order valence-corrected chi connectivity index (χ2v) is 3.69. The molecule has 0 heterocycles. The van der Waals surface area contributed by atoms with Crippen molar-refractivity contribution in [3.63, 3.8) is 0 Å². The molecule has 0 aliphatic rings. The number of rotatable bonds is 2. The summed E-state index contributed by atoms with van der Waals surface area (Å²) in [5, 5.41) is 0.422. The Kier molecular flexibility index (Phi) is 3.77. The molecule has 0 aliphatic carbocycles. The van der Waals surface area contributed by atoms with Crippen LogP contribution in [0.5, 0.6) is 5.75 Å². The largest absolute Gasteiger partial charge is 0.495 e. The molecule has 1 aromatic rings. The molecule has 0 unspecified atom stereocenters. The number of halogens is 2. The fourth-order valence-electron chi connectivity index (χ4n) is 0.971. The van der Waals surface area contributed by atoms with Crippen molar-refractivity contribution < 1.29 is 14.3 Å². The van der Waals surface area contributed by atoms with Gasteiger partial charge in [-0.1, -0.05) is 11.6 Å². The molecule has 14 heavy (non-hydrogen) atoms. The Morgan fingerprint density at radius 1 is 1.43 bits per heavy atom. The molecule has 0 spiro atoms. The Morgan fingerprint density at radius 3 is 2.57 bits per heavy atom. The van der Waals surface area contributed by atoms with E-state index in [0.29, 0.717) is 20.8 Å². The van der Waals surface area contributed by atoms with Crippen molar-refractivity contribution in [3.05, 3.63) is 27.2 Å². The summed E-state index contributed by atoms with van der Waals surface area (Å²) in [5.41, 5.74) is 0.344. The van der Waals surface area contributed by atoms with E-state index in [-0.39, 0.29) is 0 Å². The summed E-state index contributed by atoms with van der Waals surface area (Å²) >= 11 is 9.03. The number of carbonyl (C=O) groups excluding carboxylic acids is 1. The van der Waals surface area contributed by atoms with Gasteiger partial charge in [0.1, 0.15) is 5.75 Å². The predicted molar refractivity (Wildman–Crippen MR) is 57.0 cm³/mol. The molecular weight excluding hydrogens is 271 g/mol. The Labute approximate surface area is 95.1 Å². The fourth-order valence-corrected chi connectivity index (χ4v) is 1.73. The van der Waals surface area contributed by atoms with Crippen molar-refractivity contribution >= 4 is 33.5 Å². The maximum absolute atomic E-state index is 11.3. The van der Waals surface area contributed by atoms with Crippen LogP contribution in [-0.4, -0.2) is 20.2 Å². The van der Waals surface area contributed by atoms with Crippen LogP contribution in [-0.2, 0) is 4.74 Å². The van der Waals surface area contributed by atoms with Gasteiger partial charge in [-0.05, 0) is 28.1 Å². The number of benzene rings is 1. The molecule has 76 valence electrons. The first-order chi connectivity index (χ1) is 6.60. The number of ether oxygens (including phenoxy) is 2. The van der Waals surface area contributed by atoms with Crippen LogP contribution >= 0.6 is 27.5 Å². The van der Waals surface area contributed by atoms with Gasteiger partial charge in [0.05, 0.1) is 24.3 Å². The number of hydrogen-bond acceptors (Lipinski definition) is 3. The highest BCUT2D eigenvalue weighted by molar-refractivity contribution is 9.10. The van der Waals surface area contributed by atoms with Gasteiger partial charge in [-0.3, -0.25) is 0 Å². The van der Waals surface area contributed by atoms with E-state index in [1.165, 1.54) is 20.3 Å². The van der Waals surface area contributed by atoms with Crippen LogP contribution in [0.2, 0.25) is 5.02 Å². The fraction of sp³-hybridized carbons (Fsp3) is 0.222. The Balaban J connectivity index is 3.29. The van der Waals surface area contributed by atoms with Crippen LogP contribution in [0.4, 0.5) is 0 Å². The molecule has 5 heteroatoms. The maximum Gasteiger partial charge on any atom is 0.339 e. The van der Waals surface area contributed by atoms with Crippen LogP contribution in [0, 0.1) is 0 Å². The lowest BCUT2D eigenvalue weighted by atomic mass is 10.2. The average Bonchev–Trinajstić information content (AvgIpc) is 2.19. The molecule has 0 fully saturated rings. The van der Waals surface area contributed by atoms with E-state index in [9.17, 15) is 4.79 Å². The zero-order valence-corrected chi connectivity index (χ0v) is 9.98. The summed E-state index contributed by atoms with van der Waals surface area (Å²) in [6.45, 7) is 0. The first kappa shape index (κ1) is 11.3. The van der Waals surface area contributed by atoms with Crippen molar-refractivity contribution in [2.45, 2.75) is 0 Å². The molecular formula is C9H8BrClO3. The lowest BCUT2D eigenvalue weighted by Gasteiger charge is -2.08. The smallest absolute Gasteiger partial charge is 0.339 e. The van der Waals surface area contributed by atoms with Gasteiger partial charge < -0.3 is 9.47 Å². The van der Waals surface area contributed by atoms with Crippen LogP contribution in [0.1, 0.15) is 10.4 Å². The highest BCUT2D eigenvalue weighted by Gasteiger charge is 2.15. The zero-order chi connectivity index (χ0) is 10.7. The lowest BCUT2D eigenvalue weighted by molar-refractivity contribution is 0.0599. The molecule has 1 rings (SSSR count). The van der Waals surface area contributed by atoms with E-state index in [1.54, 1.807) is 6.07 Å². The lowest BCUT2D eigenvalue weighted by Crippen LogP contribution is -2.03. The van der Waals surface area contributed by atoms with Crippen LogP contribution < -0.4 is 4.74 Å². The van der Waals surface area contributed by atoms with Crippen LogP contribution in [0.25, 0.3) is 0 Å². The zero-order valence-electron chi connectivity index (χ0n) is 7.64. The number of hydrogen-bond donors (Lipinski definition) is 0. The first-order valence-corrected chi connectivity index (χ1v) is 4.88. The Hall–Kier alpha value is -0.740. The molecule has 0 N–H and O–H groups in total. The summed E-state index contributed by atoms with van der Waals surface area (Å²) in [5.74, 6) is 0.0376. The van der Waals surface area contributed by atoms with Crippen LogP contribution in [0.15, 0.2) is 16.6 Å². The molecule has 1 aromatic carbocycles. The SMILES string of the molecule is COC(=O)c1cc(Cl)cc(OC)c1Br. The summed E-state index contributed by atoms with van der Waals surface area (Å²) in [7, 11) is 2.81. The molecule has 0 atom stereocenters. The highest BCUT2D eigenvalue weighted by Crippen LogP contribution is 2.32. The van der Waals surface area contributed by atoms with Crippen molar-refractivity contribution in [1.29, 1.82) is 0 Å². The average molecular weight is 280 g/mol. The van der Waals surface area contributed by atoms with E-state index in [1.807, 2.05) is 0 Å². The van der Waals surface area contributed by atoms with Crippen molar-refractivity contribution in [1.82, 2.24) is 0 Å². The third-order valence-corrected chi connectivity index (χ3v) is 2.67. The van der Waals surface area contributed by atoms with E-state index in [2.05, 4.69) is 20.7 Å². The van der Waals surface area contributed by atoms with E-state index in [0.717, 1.165) is 0 Å². The first-order valence-electron chi connectivity index (χ1n) is 3.71. The van der Waals surface area contributed by atoms with E-state index in [4.69, 9.17) is 16.3 Å². The standard InChI is InChI=1S/C9H8BrClO3/c1-13-7-4-5(11)3-6(8(7)10)9(12)14-2/h3-4H,1-2H3. The molecule has 0 aromatic heterocycles. The second-order valence-electron chi connectivity index (χ2n) is 2.46. The van der Waals surface area contributed by atoms with Crippen LogP contribution in [0.3, 0.4) is 0 Å². The molecule has 0 aliphatic heterocycles. The highest BCUT2D eigenvalue weighted by atomic mass is 79.9. The summed E-state index contributed by atoms with van der Waals surface area (Å²) < 4.78 is 10.1. The molecule has 0 amide bonds. The second kappa shape index (κ2) is 4.66. The van der Waals surface area contributed by atoms with Gasteiger partial charge in [-0.25, -0.2) is 4.79 Å². The minimum absolute atomic E-state index is 0.344. The Morgan fingerprint density at radius 2 is 2.07 bits per heavy atom. The van der Waals surface area contributed by atoms with Gasteiger partial charge in [0.25, 0.3) is 0 Å². The van der Waals surface area contributed by atoms with E-state index < -0.39 is 5.97 Å². The molecule has 3 nitrogen and oxygen atoms in total.